The van der Waals surface area contributed by atoms with Crippen LogP contribution in [0.15, 0.2) is 36.4 Å². The molecule has 3 rings (SSSR count). The van der Waals surface area contributed by atoms with Crippen LogP contribution in [0.4, 0.5) is 5.69 Å². The van der Waals surface area contributed by atoms with Crippen molar-refractivity contribution in [2.45, 2.75) is 39.2 Å². The average molecular weight is 384 g/mol. The Morgan fingerprint density at radius 2 is 1.68 bits per heavy atom. The maximum Gasteiger partial charge on any atom is 0.329 e. The zero-order valence-electron chi connectivity index (χ0n) is 16.0. The second-order valence-electron chi connectivity index (χ2n) is 7.08. The third-order valence-corrected chi connectivity index (χ3v) is 5.26. The summed E-state index contributed by atoms with van der Waals surface area (Å²) in [5.41, 5.74) is 1.75. The van der Waals surface area contributed by atoms with Crippen LogP contribution >= 0.6 is 0 Å². The highest BCUT2D eigenvalue weighted by Crippen LogP contribution is 2.36. The highest BCUT2D eigenvalue weighted by atomic mass is 16.5. The highest BCUT2D eigenvalue weighted by Gasteiger charge is 2.50. The fourth-order valence-electron chi connectivity index (χ4n) is 3.59. The number of likely N-dealkylation sites (tertiary alicyclic amines) is 1. The molecule has 3 atom stereocenters. The number of aryl methyl sites for hydroxylation is 1. The van der Waals surface area contributed by atoms with Gasteiger partial charge in [0.05, 0.1) is 11.8 Å². The monoisotopic (exact) mass is 384 g/mol. The van der Waals surface area contributed by atoms with Crippen LogP contribution in [0.25, 0.3) is 0 Å². The minimum Gasteiger partial charge on any atom is -0.454 e. The van der Waals surface area contributed by atoms with Crippen LogP contribution in [-0.2, 0) is 30.3 Å². The Labute approximate surface area is 163 Å². The molecular formula is C21H24N2O5. The molecule has 1 N–H and O–H groups in total. The number of anilines is 1. The second-order valence-corrected chi connectivity index (χ2v) is 7.08. The zero-order valence-corrected chi connectivity index (χ0v) is 16.0. The number of esters is 1. The van der Waals surface area contributed by atoms with Gasteiger partial charge in [-0.05, 0) is 43.9 Å². The number of hydrogen-bond acceptors (Lipinski definition) is 5. The van der Waals surface area contributed by atoms with Gasteiger partial charge in [0.1, 0.15) is 6.04 Å². The molecule has 0 spiro atoms. The number of carbonyl (C=O) groups is 4. The summed E-state index contributed by atoms with van der Waals surface area (Å²) in [5, 5.41) is 2.64. The van der Waals surface area contributed by atoms with Crippen molar-refractivity contribution in [3.05, 3.63) is 42.0 Å². The molecule has 1 fully saturated rings. The Bertz CT molecular complexity index is 789. The van der Waals surface area contributed by atoms with Gasteiger partial charge >= 0.3 is 5.97 Å². The van der Waals surface area contributed by atoms with Gasteiger partial charge in [-0.15, -0.1) is 0 Å². The largest absolute Gasteiger partial charge is 0.454 e. The van der Waals surface area contributed by atoms with Crippen molar-refractivity contribution >= 4 is 29.4 Å². The third kappa shape index (κ3) is 3.98. The first-order valence-electron chi connectivity index (χ1n) is 9.49. The predicted molar refractivity (Wildman–Crippen MR) is 102 cm³/mol. The van der Waals surface area contributed by atoms with E-state index in [0.29, 0.717) is 18.5 Å². The quantitative estimate of drug-likeness (QED) is 0.460. The molecule has 0 aromatic heterocycles. The molecule has 1 aliphatic heterocycles. The van der Waals surface area contributed by atoms with Gasteiger partial charge in [-0.25, -0.2) is 4.79 Å². The van der Waals surface area contributed by atoms with E-state index in [4.69, 9.17) is 4.74 Å². The lowest BCUT2D eigenvalue weighted by Gasteiger charge is -2.21. The molecule has 1 aromatic carbocycles. The van der Waals surface area contributed by atoms with E-state index in [9.17, 15) is 19.2 Å². The standard InChI is InChI=1S/C21H24N2O5/c1-3-14-8-10-15(11-9-14)22-18(24)12-28-21(27)13(2)23-19(25)16-6-4-5-7-17(16)20(23)26/h4-5,8-11,13,16-17H,3,6-7,12H2,1-2H3,(H,22,24)/t13-,16+,17+/m0/s1. The molecule has 7 nitrogen and oxygen atoms in total. The van der Waals surface area contributed by atoms with Crippen LogP contribution in [0.2, 0.25) is 0 Å². The zero-order chi connectivity index (χ0) is 20.3. The molecule has 1 aromatic rings. The molecule has 7 heteroatoms. The van der Waals surface area contributed by atoms with Gasteiger partial charge in [-0.2, -0.15) is 0 Å². The maximum atomic E-state index is 12.5. The molecule has 148 valence electrons. The molecule has 1 saturated heterocycles. The first-order valence-corrected chi connectivity index (χ1v) is 9.49. The van der Waals surface area contributed by atoms with Gasteiger partial charge in [0.2, 0.25) is 11.8 Å². The number of rotatable bonds is 6. The summed E-state index contributed by atoms with van der Waals surface area (Å²) >= 11 is 0. The van der Waals surface area contributed by atoms with Crippen LogP contribution in [0.1, 0.15) is 32.3 Å². The Morgan fingerprint density at radius 1 is 1.11 bits per heavy atom. The first kappa shape index (κ1) is 19.8. The maximum absolute atomic E-state index is 12.5. The van der Waals surface area contributed by atoms with Crippen molar-refractivity contribution in [3.8, 4) is 0 Å². The summed E-state index contributed by atoms with van der Waals surface area (Å²) in [5.74, 6) is -2.75. The van der Waals surface area contributed by atoms with Gasteiger partial charge in [-0.1, -0.05) is 31.2 Å². The van der Waals surface area contributed by atoms with Crippen molar-refractivity contribution in [1.29, 1.82) is 0 Å². The van der Waals surface area contributed by atoms with Crippen molar-refractivity contribution in [1.82, 2.24) is 4.90 Å². The number of nitrogens with zero attached hydrogens (tertiary/aromatic N) is 1. The fourth-order valence-corrected chi connectivity index (χ4v) is 3.59. The van der Waals surface area contributed by atoms with E-state index in [-0.39, 0.29) is 11.8 Å². The summed E-state index contributed by atoms with van der Waals surface area (Å²) in [6.45, 7) is 3.00. The number of amides is 3. The van der Waals surface area contributed by atoms with E-state index in [1.54, 1.807) is 12.1 Å². The third-order valence-electron chi connectivity index (χ3n) is 5.26. The lowest BCUT2D eigenvalue weighted by atomic mass is 9.85. The molecule has 2 aliphatic rings. The van der Waals surface area contributed by atoms with Crippen molar-refractivity contribution in [2.75, 3.05) is 11.9 Å². The smallest absolute Gasteiger partial charge is 0.329 e. The summed E-state index contributed by atoms with van der Waals surface area (Å²) in [7, 11) is 0. The number of allylic oxidation sites excluding steroid dienone is 2. The summed E-state index contributed by atoms with van der Waals surface area (Å²) in [6, 6.07) is 6.31. The van der Waals surface area contributed by atoms with Gasteiger partial charge in [-0.3, -0.25) is 19.3 Å². The van der Waals surface area contributed by atoms with E-state index in [2.05, 4.69) is 5.32 Å². The normalized spacial score (nSPS) is 22.0. The van der Waals surface area contributed by atoms with Crippen molar-refractivity contribution in [3.63, 3.8) is 0 Å². The molecular weight excluding hydrogens is 360 g/mol. The predicted octanol–water partition coefficient (Wildman–Crippen LogP) is 2.07. The SMILES string of the molecule is CCc1ccc(NC(=O)COC(=O)[C@H](C)N2C(=O)[C@@H]3CC=CC[C@H]3C2=O)cc1. The van der Waals surface area contributed by atoms with Crippen LogP contribution in [0.5, 0.6) is 0 Å². The van der Waals surface area contributed by atoms with E-state index < -0.39 is 36.4 Å². The molecule has 0 bridgehead atoms. The highest BCUT2D eigenvalue weighted by molar-refractivity contribution is 6.08. The first-order chi connectivity index (χ1) is 13.4. The lowest BCUT2D eigenvalue weighted by molar-refractivity contribution is -0.159. The molecule has 3 amide bonds. The molecule has 28 heavy (non-hydrogen) atoms. The number of hydrogen-bond donors (Lipinski definition) is 1. The molecule has 1 aliphatic carbocycles. The Balaban J connectivity index is 1.53. The molecule has 0 unspecified atom stereocenters. The number of ether oxygens (including phenoxy) is 1. The minimum atomic E-state index is -1.05. The van der Waals surface area contributed by atoms with Gasteiger partial charge in [0, 0.05) is 5.69 Å². The fraction of sp³-hybridized carbons (Fsp3) is 0.429. The van der Waals surface area contributed by atoms with Gasteiger partial charge in [0.15, 0.2) is 6.61 Å². The second kappa shape index (κ2) is 8.37. The Hall–Kier alpha value is -2.96. The number of imide groups is 1. The van der Waals surface area contributed by atoms with Crippen molar-refractivity contribution < 1.29 is 23.9 Å². The van der Waals surface area contributed by atoms with Gasteiger partial charge < -0.3 is 10.1 Å². The number of benzene rings is 1. The van der Waals surface area contributed by atoms with Crippen LogP contribution in [-0.4, -0.2) is 41.2 Å². The summed E-state index contributed by atoms with van der Waals surface area (Å²) in [6.07, 6.45) is 5.68. The Kier molecular flexibility index (Phi) is 5.92. The topological polar surface area (TPSA) is 92.8 Å². The molecule has 1 heterocycles. The minimum absolute atomic E-state index is 0.343. The van der Waals surface area contributed by atoms with E-state index in [0.717, 1.165) is 16.9 Å². The average Bonchev–Trinajstić information content (AvgIpc) is 2.97. The summed E-state index contributed by atoms with van der Waals surface area (Å²) < 4.78 is 5.03. The van der Waals surface area contributed by atoms with E-state index in [1.807, 2.05) is 31.2 Å². The van der Waals surface area contributed by atoms with Crippen LogP contribution < -0.4 is 5.32 Å². The van der Waals surface area contributed by atoms with Crippen molar-refractivity contribution in [2.24, 2.45) is 11.8 Å². The van der Waals surface area contributed by atoms with Crippen LogP contribution in [0, 0.1) is 11.8 Å². The lowest BCUT2D eigenvalue weighted by Crippen LogP contribution is -2.45. The Morgan fingerprint density at radius 3 is 2.21 bits per heavy atom. The van der Waals surface area contributed by atoms with Gasteiger partial charge in [0.25, 0.3) is 5.91 Å². The summed E-state index contributed by atoms with van der Waals surface area (Å²) in [4.78, 5) is 50.3. The number of carbonyl (C=O) groups excluding carboxylic acids is 4. The van der Waals surface area contributed by atoms with E-state index in [1.165, 1.54) is 6.92 Å². The van der Waals surface area contributed by atoms with E-state index >= 15 is 0 Å². The molecule has 0 saturated carbocycles. The van der Waals surface area contributed by atoms with Crippen LogP contribution in [0.3, 0.4) is 0 Å². The number of fused-ring (bicyclic) bond motifs is 1. The number of nitrogens with one attached hydrogen (secondary N) is 1. The molecule has 0 radical (unpaired) electrons.